The second-order valence-corrected chi connectivity index (χ2v) is 5.89. The average molecular weight is 294 g/mol. The van der Waals surface area contributed by atoms with Crippen molar-refractivity contribution in [2.45, 2.75) is 17.6 Å². The largest absolute Gasteiger partial charge is 0.370 e. The number of benzene rings is 2. The molecule has 1 N–H and O–H groups in total. The van der Waals surface area contributed by atoms with E-state index in [1.165, 1.54) is 21.2 Å². The molecule has 0 saturated heterocycles. The lowest BCUT2D eigenvalue weighted by atomic mass is 10.1. The van der Waals surface area contributed by atoms with Crippen molar-refractivity contribution in [3.63, 3.8) is 0 Å². The summed E-state index contributed by atoms with van der Waals surface area (Å²) in [5.41, 5.74) is 1.25. The van der Waals surface area contributed by atoms with E-state index in [0.717, 1.165) is 18.1 Å². The quantitative estimate of drug-likeness (QED) is 0.673. The maximum Gasteiger partial charge on any atom is 0.129 e. The first kappa shape index (κ1) is 14.0. The van der Waals surface area contributed by atoms with Crippen LogP contribution in [-0.4, -0.2) is 11.5 Å². The summed E-state index contributed by atoms with van der Waals surface area (Å²) in [6, 6.07) is 19.2. The Morgan fingerprint density at radius 2 is 1.86 bits per heavy atom. The Kier molecular flexibility index (Phi) is 4.41. The lowest BCUT2D eigenvalue weighted by Crippen LogP contribution is -2.02. The monoisotopic (exact) mass is 294 g/mol. The number of hydrogen-bond donors (Lipinski definition) is 1. The molecule has 2 nitrogen and oxygen atoms in total. The van der Waals surface area contributed by atoms with Gasteiger partial charge in [0.15, 0.2) is 0 Å². The Morgan fingerprint density at radius 1 is 1.00 bits per heavy atom. The summed E-state index contributed by atoms with van der Waals surface area (Å²) in [5.74, 6) is 1.92. The first-order chi connectivity index (χ1) is 10.4. The molecule has 0 spiro atoms. The Bertz CT molecular complexity index is 740. The fraction of sp³-hybridized carbons (Fsp3) is 0.167. The van der Waals surface area contributed by atoms with E-state index in [2.05, 4.69) is 65.8 Å². The average Bonchev–Trinajstić information content (AvgIpc) is 2.54. The molecule has 0 amide bonds. The standard InChI is InChI=1S/C18H18N2S/c1-2-19-18-16(8-5-11-20-18)13-21-17-10-9-14-6-3-4-7-15(14)12-17/h3-12H,2,13H2,1H3,(H,19,20). The van der Waals surface area contributed by atoms with Gasteiger partial charge in [-0.3, -0.25) is 0 Å². The smallest absolute Gasteiger partial charge is 0.129 e. The zero-order chi connectivity index (χ0) is 14.5. The lowest BCUT2D eigenvalue weighted by molar-refractivity contribution is 1.13. The van der Waals surface area contributed by atoms with E-state index < -0.39 is 0 Å². The molecule has 106 valence electrons. The molecule has 0 atom stereocenters. The summed E-state index contributed by atoms with van der Waals surface area (Å²) in [7, 11) is 0. The van der Waals surface area contributed by atoms with Gasteiger partial charge in [-0.25, -0.2) is 4.98 Å². The van der Waals surface area contributed by atoms with Crippen LogP contribution in [0.1, 0.15) is 12.5 Å². The zero-order valence-corrected chi connectivity index (χ0v) is 12.9. The molecule has 0 bridgehead atoms. The molecule has 0 fully saturated rings. The van der Waals surface area contributed by atoms with E-state index in [9.17, 15) is 0 Å². The van der Waals surface area contributed by atoms with Crippen LogP contribution in [-0.2, 0) is 5.75 Å². The predicted octanol–water partition coefficient (Wildman–Crippen LogP) is 4.96. The summed E-state index contributed by atoms with van der Waals surface area (Å²) in [4.78, 5) is 5.70. The fourth-order valence-electron chi connectivity index (χ4n) is 2.30. The highest BCUT2D eigenvalue weighted by Crippen LogP contribution is 2.28. The van der Waals surface area contributed by atoms with Crippen molar-refractivity contribution < 1.29 is 0 Å². The van der Waals surface area contributed by atoms with Gasteiger partial charge in [0.1, 0.15) is 5.82 Å². The Hall–Kier alpha value is -2.00. The fourth-order valence-corrected chi connectivity index (χ4v) is 3.23. The van der Waals surface area contributed by atoms with Crippen LogP contribution in [0, 0.1) is 0 Å². The summed E-state index contributed by atoms with van der Waals surface area (Å²) in [6.07, 6.45) is 1.84. The van der Waals surface area contributed by atoms with Gasteiger partial charge in [0, 0.05) is 29.0 Å². The highest BCUT2D eigenvalue weighted by Gasteiger charge is 2.04. The third kappa shape index (κ3) is 3.37. The first-order valence-corrected chi connectivity index (χ1v) is 8.15. The second-order valence-electron chi connectivity index (χ2n) is 4.84. The number of pyridine rings is 1. The van der Waals surface area contributed by atoms with Crippen LogP contribution in [0.4, 0.5) is 5.82 Å². The molecule has 0 aliphatic heterocycles. The van der Waals surface area contributed by atoms with Gasteiger partial charge in [-0.15, -0.1) is 11.8 Å². The van der Waals surface area contributed by atoms with E-state index in [4.69, 9.17) is 0 Å². The molecule has 0 unspecified atom stereocenters. The molecule has 1 heterocycles. The molecule has 1 aromatic heterocycles. The minimum Gasteiger partial charge on any atom is -0.370 e. The van der Waals surface area contributed by atoms with E-state index in [1.807, 2.05) is 24.0 Å². The lowest BCUT2D eigenvalue weighted by Gasteiger charge is -2.09. The van der Waals surface area contributed by atoms with Gasteiger partial charge in [-0.2, -0.15) is 0 Å². The van der Waals surface area contributed by atoms with Crippen molar-refractivity contribution in [2.75, 3.05) is 11.9 Å². The molecule has 0 saturated carbocycles. The molecule has 3 rings (SSSR count). The molecule has 21 heavy (non-hydrogen) atoms. The number of rotatable bonds is 5. The van der Waals surface area contributed by atoms with Crippen LogP contribution in [0.25, 0.3) is 10.8 Å². The maximum atomic E-state index is 4.41. The number of thioether (sulfide) groups is 1. The van der Waals surface area contributed by atoms with Crippen molar-refractivity contribution in [3.05, 3.63) is 66.4 Å². The third-order valence-electron chi connectivity index (χ3n) is 3.35. The van der Waals surface area contributed by atoms with Crippen molar-refractivity contribution >= 4 is 28.4 Å². The summed E-state index contributed by atoms with van der Waals surface area (Å²) in [6.45, 7) is 2.99. The van der Waals surface area contributed by atoms with Crippen molar-refractivity contribution in [3.8, 4) is 0 Å². The maximum absolute atomic E-state index is 4.41. The molecule has 3 heteroatoms. The van der Waals surface area contributed by atoms with Gasteiger partial charge in [0.2, 0.25) is 0 Å². The summed E-state index contributed by atoms with van der Waals surface area (Å²) < 4.78 is 0. The highest BCUT2D eigenvalue weighted by molar-refractivity contribution is 7.98. The molecular weight excluding hydrogens is 276 g/mol. The SMILES string of the molecule is CCNc1ncccc1CSc1ccc2ccccc2c1. The predicted molar refractivity (Wildman–Crippen MR) is 91.9 cm³/mol. The molecule has 2 aromatic carbocycles. The van der Waals surface area contributed by atoms with Crippen LogP contribution in [0.3, 0.4) is 0 Å². The normalized spacial score (nSPS) is 10.7. The Balaban J connectivity index is 1.77. The number of nitrogens with zero attached hydrogens (tertiary/aromatic N) is 1. The number of aromatic nitrogens is 1. The Labute approximate surface area is 129 Å². The number of hydrogen-bond acceptors (Lipinski definition) is 3. The van der Waals surface area contributed by atoms with Gasteiger partial charge >= 0.3 is 0 Å². The van der Waals surface area contributed by atoms with Gasteiger partial charge in [-0.1, -0.05) is 36.4 Å². The Morgan fingerprint density at radius 3 is 2.71 bits per heavy atom. The van der Waals surface area contributed by atoms with Crippen molar-refractivity contribution in [2.24, 2.45) is 0 Å². The van der Waals surface area contributed by atoms with Crippen LogP contribution in [0.2, 0.25) is 0 Å². The summed E-state index contributed by atoms with van der Waals surface area (Å²) in [5, 5.41) is 5.90. The van der Waals surface area contributed by atoms with Gasteiger partial charge in [0.25, 0.3) is 0 Å². The second kappa shape index (κ2) is 6.64. The first-order valence-electron chi connectivity index (χ1n) is 7.16. The molecular formula is C18H18N2S. The van der Waals surface area contributed by atoms with Gasteiger partial charge in [0.05, 0.1) is 0 Å². The van der Waals surface area contributed by atoms with E-state index in [-0.39, 0.29) is 0 Å². The summed E-state index contributed by atoms with van der Waals surface area (Å²) >= 11 is 1.85. The van der Waals surface area contributed by atoms with Crippen molar-refractivity contribution in [1.29, 1.82) is 0 Å². The van der Waals surface area contributed by atoms with Crippen LogP contribution in [0.15, 0.2) is 65.7 Å². The van der Waals surface area contributed by atoms with Crippen molar-refractivity contribution in [1.82, 2.24) is 4.98 Å². The third-order valence-corrected chi connectivity index (χ3v) is 4.39. The zero-order valence-electron chi connectivity index (χ0n) is 12.0. The van der Waals surface area contributed by atoms with E-state index >= 15 is 0 Å². The number of anilines is 1. The highest BCUT2D eigenvalue weighted by atomic mass is 32.2. The van der Waals surface area contributed by atoms with E-state index in [1.54, 1.807) is 0 Å². The number of fused-ring (bicyclic) bond motifs is 1. The number of nitrogens with one attached hydrogen (secondary N) is 1. The van der Waals surface area contributed by atoms with Gasteiger partial charge in [-0.05, 0) is 35.9 Å². The molecule has 0 aliphatic rings. The topological polar surface area (TPSA) is 24.9 Å². The van der Waals surface area contributed by atoms with Crippen LogP contribution in [0.5, 0.6) is 0 Å². The van der Waals surface area contributed by atoms with E-state index in [0.29, 0.717) is 0 Å². The van der Waals surface area contributed by atoms with Crippen LogP contribution < -0.4 is 5.32 Å². The minimum atomic E-state index is 0.894. The van der Waals surface area contributed by atoms with Crippen LogP contribution >= 0.6 is 11.8 Å². The molecule has 0 radical (unpaired) electrons. The molecule has 3 aromatic rings. The minimum absolute atomic E-state index is 0.894. The van der Waals surface area contributed by atoms with Gasteiger partial charge < -0.3 is 5.32 Å². The molecule has 0 aliphatic carbocycles.